The molecule has 1 aliphatic heterocycles. The van der Waals surface area contributed by atoms with Crippen LogP contribution in [-0.2, 0) is 22.1 Å². The van der Waals surface area contributed by atoms with Gasteiger partial charge in [-0.25, -0.2) is 8.42 Å². The highest BCUT2D eigenvalue weighted by molar-refractivity contribution is 7.89. The Labute approximate surface area is 171 Å². The average Bonchev–Trinajstić information content (AvgIpc) is 2.88. The Balaban J connectivity index is 1.58. The van der Waals surface area contributed by atoms with Gasteiger partial charge in [0.1, 0.15) is 0 Å². The first kappa shape index (κ1) is 20.8. The van der Waals surface area contributed by atoms with Gasteiger partial charge in [0.15, 0.2) is 9.84 Å². The van der Waals surface area contributed by atoms with Crippen LogP contribution in [0.5, 0.6) is 0 Å². The molecule has 0 unspecified atom stereocenters. The lowest BCUT2D eigenvalue weighted by molar-refractivity contribution is 0.0761. The van der Waals surface area contributed by atoms with Crippen LogP contribution < -0.4 is 0 Å². The second-order valence-electron chi connectivity index (χ2n) is 7.32. The highest BCUT2D eigenvalue weighted by atomic mass is 35.5. The van der Waals surface area contributed by atoms with Crippen LogP contribution in [0.25, 0.3) is 0 Å². The second kappa shape index (κ2) is 9.07. The van der Waals surface area contributed by atoms with Gasteiger partial charge in [-0.2, -0.15) is 0 Å². The van der Waals surface area contributed by atoms with Gasteiger partial charge in [0.25, 0.3) is 5.91 Å². The molecule has 0 aliphatic carbocycles. The van der Waals surface area contributed by atoms with Crippen LogP contribution in [-0.4, -0.2) is 56.6 Å². The molecule has 1 aliphatic rings. The van der Waals surface area contributed by atoms with Crippen LogP contribution in [0.3, 0.4) is 0 Å². The minimum Gasteiger partial charge on any atom is -0.337 e. The number of carbonyl (C=O) groups excluding carboxylic acids is 1. The zero-order valence-corrected chi connectivity index (χ0v) is 17.5. The predicted molar refractivity (Wildman–Crippen MR) is 112 cm³/mol. The Kier molecular flexibility index (Phi) is 6.75. The highest BCUT2D eigenvalue weighted by Gasteiger charge is 2.20. The molecule has 5 nitrogen and oxygen atoms in total. The van der Waals surface area contributed by atoms with Crippen molar-refractivity contribution in [1.82, 2.24) is 9.80 Å². The topological polar surface area (TPSA) is 57.7 Å². The smallest absolute Gasteiger partial charge is 0.253 e. The van der Waals surface area contributed by atoms with E-state index in [-0.39, 0.29) is 11.7 Å². The van der Waals surface area contributed by atoms with Crippen LogP contribution in [0.15, 0.2) is 48.5 Å². The third-order valence-corrected chi connectivity index (χ3v) is 5.93. The maximum atomic E-state index is 12.8. The van der Waals surface area contributed by atoms with Crippen molar-refractivity contribution in [3.63, 3.8) is 0 Å². The third kappa shape index (κ3) is 6.06. The van der Waals surface area contributed by atoms with E-state index >= 15 is 0 Å². The van der Waals surface area contributed by atoms with E-state index in [2.05, 4.69) is 4.90 Å². The van der Waals surface area contributed by atoms with E-state index in [1.165, 1.54) is 11.8 Å². The quantitative estimate of drug-likeness (QED) is 0.745. The van der Waals surface area contributed by atoms with E-state index in [9.17, 15) is 13.2 Å². The van der Waals surface area contributed by atoms with Crippen molar-refractivity contribution in [2.75, 3.05) is 32.4 Å². The maximum Gasteiger partial charge on any atom is 0.253 e. The molecule has 0 aromatic heterocycles. The Hall–Kier alpha value is -1.89. The van der Waals surface area contributed by atoms with Crippen molar-refractivity contribution >= 4 is 27.3 Å². The molecule has 0 spiro atoms. The summed E-state index contributed by atoms with van der Waals surface area (Å²) in [5.41, 5.74) is 2.51. The summed E-state index contributed by atoms with van der Waals surface area (Å²) in [6.45, 7) is 4.01. The summed E-state index contributed by atoms with van der Waals surface area (Å²) >= 11 is 5.95. The van der Waals surface area contributed by atoms with Crippen LogP contribution in [0.4, 0.5) is 0 Å². The zero-order chi connectivity index (χ0) is 20.1. The number of amides is 1. The molecule has 0 N–H and O–H groups in total. The van der Waals surface area contributed by atoms with Gasteiger partial charge < -0.3 is 4.90 Å². The molecule has 2 aromatic rings. The predicted octanol–water partition coefficient (Wildman–Crippen LogP) is 3.23. The molecule has 3 rings (SSSR count). The Bertz CT molecular complexity index is 912. The molecular formula is C21H25ClN2O3S. The Morgan fingerprint density at radius 1 is 0.929 bits per heavy atom. The summed E-state index contributed by atoms with van der Waals surface area (Å²) < 4.78 is 22.8. The van der Waals surface area contributed by atoms with E-state index < -0.39 is 9.84 Å². The molecule has 1 saturated heterocycles. The van der Waals surface area contributed by atoms with E-state index in [0.29, 0.717) is 17.7 Å². The van der Waals surface area contributed by atoms with Crippen molar-refractivity contribution in [2.45, 2.75) is 18.7 Å². The monoisotopic (exact) mass is 420 g/mol. The summed E-state index contributed by atoms with van der Waals surface area (Å²) in [5, 5.41) is 0.735. The van der Waals surface area contributed by atoms with Gasteiger partial charge >= 0.3 is 0 Å². The Morgan fingerprint density at radius 2 is 1.57 bits per heavy atom. The van der Waals surface area contributed by atoms with Gasteiger partial charge in [0.2, 0.25) is 0 Å². The van der Waals surface area contributed by atoms with Crippen molar-refractivity contribution in [2.24, 2.45) is 0 Å². The summed E-state index contributed by atoms with van der Waals surface area (Å²) in [4.78, 5) is 17.1. The molecule has 150 valence electrons. The van der Waals surface area contributed by atoms with Crippen LogP contribution >= 0.6 is 11.6 Å². The van der Waals surface area contributed by atoms with Gasteiger partial charge in [-0.1, -0.05) is 35.9 Å². The van der Waals surface area contributed by atoms with E-state index in [4.69, 9.17) is 11.6 Å². The molecule has 0 saturated carbocycles. The SMILES string of the molecule is CS(=O)(=O)Cc1ccc(C(=O)N2CCCN(Cc3ccc(Cl)cc3)CC2)cc1. The summed E-state index contributed by atoms with van der Waals surface area (Å²) in [6, 6.07) is 14.8. The molecule has 1 heterocycles. The van der Waals surface area contributed by atoms with Gasteiger partial charge in [0, 0.05) is 49.6 Å². The lowest BCUT2D eigenvalue weighted by Crippen LogP contribution is -2.35. The second-order valence-corrected chi connectivity index (χ2v) is 9.89. The number of nitrogens with zero attached hydrogens (tertiary/aromatic N) is 2. The van der Waals surface area contributed by atoms with Crippen molar-refractivity contribution in [1.29, 1.82) is 0 Å². The lowest BCUT2D eigenvalue weighted by Gasteiger charge is -2.22. The molecular weight excluding hydrogens is 396 g/mol. The molecule has 0 radical (unpaired) electrons. The molecule has 1 fully saturated rings. The summed E-state index contributed by atoms with van der Waals surface area (Å²) in [5.74, 6) is -0.00978. The number of rotatable bonds is 5. The molecule has 7 heteroatoms. The number of carbonyl (C=O) groups is 1. The number of sulfone groups is 1. The first-order valence-electron chi connectivity index (χ1n) is 9.33. The normalized spacial score (nSPS) is 16.0. The highest BCUT2D eigenvalue weighted by Crippen LogP contribution is 2.15. The third-order valence-electron chi connectivity index (χ3n) is 4.82. The van der Waals surface area contributed by atoms with E-state index in [1.807, 2.05) is 29.2 Å². The fourth-order valence-corrected chi connectivity index (χ4v) is 4.33. The van der Waals surface area contributed by atoms with Gasteiger partial charge in [-0.15, -0.1) is 0 Å². The van der Waals surface area contributed by atoms with Crippen molar-refractivity contribution in [3.05, 3.63) is 70.2 Å². The number of hydrogen-bond donors (Lipinski definition) is 0. The average molecular weight is 421 g/mol. The molecule has 2 aromatic carbocycles. The van der Waals surface area contributed by atoms with Crippen LogP contribution in [0, 0.1) is 0 Å². The molecule has 1 amide bonds. The number of hydrogen-bond acceptors (Lipinski definition) is 4. The summed E-state index contributed by atoms with van der Waals surface area (Å²) in [6.07, 6.45) is 2.13. The van der Waals surface area contributed by atoms with Gasteiger partial charge in [-0.3, -0.25) is 9.69 Å². The fraction of sp³-hybridized carbons (Fsp3) is 0.381. The molecule has 0 bridgehead atoms. The van der Waals surface area contributed by atoms with E-state index in [0.717, 1.165) is 37.6 Å². The summed E-state index contributed by atoms with van der Waals surface area (Å²) in [7, 11) is -3.08. The minimum absolute atomic E-state index is 0.000696. The van der Waals surface area contributed by atoms with Crippen molar-refractivity contribution in [3.8, 4) is 0 Å². The lowest BCUT2D eigenvalue weighted by atomic mass is 10.1. The number of benzene rings is 2. The minimum atomic E-state index is -3.08. The van der Waals surface area contributed by atoms with Gasteiger partial charge in [-0.05, 0) is 41.8 Å². The number of halogens is 1. The first-order chi connectivity index (χ1) is 13.3. The Morgan fingerprint density at radius 3 is 2.21 bits per heavy atom. The van der Waals surface area contributed by atoms with Gasteiger partial charge in [0.05, 0.1) is 5.75 Å². The van der Waals surface area contributed by atoms with Crippen LogP contribution in [0.1, 0.15) is 27.9 Å². The maximum absolute atomic E-state index is 12.8. The molecule has 0 atom stereocenters. The van der Waals surface area contributed by atoms with Crippen molar-refractivity contribution < 1.29 is 13.2 Å². The fourth-order valence-electron chi connectivity index (χ4n) is 3.41. The van der Waals surface area contributed by atoms with Crippen LogP contribution in [0.2, 0.25) is 5.02 Å². The largest absolute Gasteiger partial charge is 0.337 e. The zero-order valence-electron chi connectivity index (χ0n) is 16.0. The standard InChI is InChI=1S/C21H25ClN2O3S/c1-28(26,27)16-18-3-7-19(8-4-18)21(25)24-12-2-11-23(13-14-24)15-17-5-9-20(22)10-6-17/h3-10H,2,11-16H2,1H3. The molecule has 28 heavy (non-hydrogen) atoms. The first-order valence-corrected chi connectivity index (χ1v) is 11.8. The van der Waals surface area contributed by atoms with E-state index in [1.54, 1.807) is 24.3 Å².